The molecule has 6 rings (SSSR count). The number of fused-ring (bicyclic) bond motifs is 4. The van der Waals surface area contributed by atoms with Gasteiger partial charge in [-0.3, -0.25) is 0 Å². The Morgan fingerprint density at radius 3 is 2.50 bits per heavy atom. The number of hydrogen-bond acceptors (Lipinski definition) is 3. The zero-order chi connectivity index (χ0) is 18.9. The minimum Gasteiger partial charge on any atom is -0.490 e. The summed E-state index contributed by atoms with van der Waals surface area (Å²) in [7, 11) is 0. The normalized spacial score (nSPS) is 29.7. The molecule has 0 N–H and O–H groups in total. The van der Waals surface area contributed by atoms with E-state index in [1.807, 2.05) is 22.9 Å². The van der Waals surface area contributed by atoms with E-state index in [-0.39, 0.29) is 17.6 Å². The van der Waals surface area contributed by atoms with Gasteiger partial charge in [0.2, 0.25) is 5.88 Å². The fraction of sp³-hybridized carbons (Fsp3) is 0.375. The van der Waals surface area contributed by atoms with Crippen molar-refractivity contribution in [3.8, 4) is 17.3 Å². The third-order valence-corrected chi connectivity index (χ3v) is 6.97. The van der Waals surface area contributed by atoms with Gasteiger partial charge < -0.3 is 9.47 Å². The van der Waals surface area contributed by atoms with Crippen LogP contribution in [-0.4, -0.2) is 22.0 Å². The van der Waals surface area contributed by atoms with Gasteiger partial charge >= 0.3 is 0 Å². The second-order valence-corrected chi connectivity index (χ2v) is 8.48. The van der Waals surface area contributed by atoms with E-state index in [1.54, 1.807) is 0 Å². The van der Waals surface area contributed by atoms with Crippen LogP contribution in [0.4, 0.5) is 0 Å². The van der Waals surface area contributed by atoms with Gasteiger partial charge in [0.15, 0.2) is 0 Å². The Morgan fingerprint density at radius 2 is 1.68 bits per heavy atom. The van der Waals surface area contributed by atoms with Crippen LogP contribution in [0.1, 0.15) is 43.0 Å². The van der Waals surface area contributed by atoms with E-state index >= 15 is 0 Å². The topological polar surface area (TPSA) is 36.3 Å². The second-order valence-electron chi connectivity index (χ2n) is 8.48. The maximum absolute atomic E-state index is 6.68. The lowest BCUT2D eigenvalue weighted by molar-refractivity contribution is -0.0584. The first kappa shape index (κ1) is 16.2. The predicted molar refractivity (Wildman–Crippen MR) is 107 cm³/mol. The minimum atomic E-state index is -0.157. The number of para-hydroxylation sites is 2. The first-order valence-electron chi connectivity index (χ1n) is 10.3. The Bertz CT molecular complexity index is 1060. The Balaban J connectivity index is 1.65. The Morgan fingerprint density at radius 1 is 0.964 bits per heavy atom. The van der Waals surface area contributed by atoms with Crippen molar-refractivity contribution in [1.29, 1.82) is 0 Å². The predicted octanol–water partition coefficient (Wildman–Crippen LogP) is 4.81. The molecule has 3 heterocycles. The molecule has 0 radical (unpaired) electrons. The molecule has 1 aliphatic carbocycles. The number of benzene rings is 2. The van der Waals surface area contributed by atoms with Gasteiger partial charge in [0.25, 0.3) is 0 Å². The molecule has 1 saturated carbocycles. The molecular formula is C24H24N2O2. The fourth-order valence-corrected chi connectivity index (χ4v) is 5.87. The van der Waals surface area contributed by atoms with Crippen LogP contribution in [0.2, 0.25) is 0 Å². The van der Waals surface area contributed by atoms with Crippen LogP contribution in [0, 0.1) is 12.8 Å². The summed E-state index contributed by atoms with van der Waals surface area (Å²) in [4.78, 5) is 0. The smallest absolute Gasteiger partial charge is 0.221 e. The maximum Gasteiger partial charge on any atom is 0.221 e. The van der Waals surface area contributed by atoms with Gasteiger partial charge in [0, 0.05) is 22.5 Å². The Labute approximate surface area is 165 Å². The molecule has 0 saturated heterocycles. The van der Waals surface area contributed by atoms with E-state index in [4.69, 9.17) is 14.6 Å². The van der Waals surface area contributed by atoms with Crippen LogP contribution >= 0.6 is 0 Å². The summed E-state index contributed by atoms with van der Waals surface area (Å²) in [6, 6.07) is 18.8. The highest BCUT2D eigenvalue weighted by molar-refractivity contribution is 5.57. The van der Waals surface area contributed by atoms with Crippen molar-refractivity contribution in [2.24, 2.45) is 5.92 Å². The molecule has 2 aliphatic heterocycles. The third kappa shape index (κ3) is 1.98. The first-order valence-corrected chi connectivity index (χ1v) is 10.3. The van der Waals surface area contributed by atoms with Crippen LogP contribution in [-0.2, 0) is 5.41 Å². The summed E-state index contributed by atoms with van der Waals surface area (Å²) in [5.41, 5.74) is 4.42. The standard InChI is InChI=1S/C24H24N2O2/c1-15-21-23(26(25-15)16-9-4-3-5-10-16)28-20-14-8-13-19-22(20)24(21,2)17-11-6-7-12-18(17)27-19/h3-7,9-12,19-20,22H,8,13-14H2,1-2H3/t19-,20-,22+,24-/m0/s1. The van der Waals surface area contributed by atoms with E-state index in [9.17, 15) is 0 Å². The van der Waals surface area contributed by atoms with E-state index in [1.165, 1.54) is 11.1 Å². The molecule has 0 unspecified atom stereocenters. The molecule has 4 atom stereocenters. The van der Waals surface area contributed by atoms with Gasteiger partial charge in [0.05, 0.1) is 11.4 Å². The maximum atomic E-state index is 6.68. The second kappa shape index (κ2) is 5.63. The Hall–Kier alpha value is -2.75. The highest BCUT2D eigenvalue weighted by Crippen LogP contribution is 2.58. The van der Waals surface area contributed by atoms with Crippen molar-refractivity contribution in [3.63, 3.8) is 0 Å². The van der Waals surface area contributed by atoms with Gasteiger partial charge in [-0.2, -0.15) is 5.10 Å². The lowest BCUT2D eigenvalue weighted by Crippen LogP contribution is -2.58. The molecule has 142 valence electrons. The van der Waals surface area contributed by atoms with Crippen molar-refractivity contribution in [3.05, 3.63) is 71.4 Å². The molecule has 3 aromatic rings. The van der Waals surface area contributed by atoms with Gasteiger partial charge in [-0.25, -0.2) is 4.68 Å². The van der Waals surface area contributed by atoms with Crippen LogP contribution in [0.25, 0.3) is 5.69 Å². The van der Waals surface area contributed by atoms with Crippen molar-refractivity contribution >= 4 is 0 Å². The monoisotopic (exact) mass is 372 g/mol. The van der Waals surface area contributed by atoms with Gasteiger partial charge in [-0.05, 0) is 44.4 Å². The zero-order valence-corrected chi connectivity index (χ0v) is 16.3. The fourth-order valence-electron chi connectivity index (χ4n) is 5.87. The number of hydrogen-bond donors (Lipinski definition) is 0. The molecule has 0 spiro atoms. The molecule has 1 fully saturated rings. The number of aryl methyl sites for hydroxylation is 1. The van der Waals surface area contributed by atoms with Crippen LogP contribution in [0.5, 0.6) is 11.6 Å². The van der Waals surface area contributed by atoms with Crippen LogP contribution < -0.4 is 9.47 Å². The Kier molecular flexibility index (Phi) is 3.26. The molecule has 1 aromatic heterocycles. The molecule has 0 amide bonds. The van der Waals surface area contributed by atoms with Gasteiger partial charge in [-0.1, -0.05) is 43.3 Å². The van der Waals surface area contributed by atoms with Crippen molar-refractivity contribution in [2.45, 2.75) is 50.7 Å². The molecule has 4 heteroatoms. The molecule has 0 bridgehead atoms. The summed E-state index contributed by atoms with van der Waals surface area (Å²) in [5.74, 6) is 2.24. The number of nitrogens with zero attached hydrogens (tertiary/aromatic N) is 2. The van der Waals surface area contributed by atoms with E-state index in [0.717, 1.165) is 42.3 Å². The van der Waals surface area contributed by atoms with Crippen molar-refractivity contribution < 1.29 is 9.47 Å². The summed E-state index contributed by atoms with van der Waals surface area (Å²) in [6.45, 7) is 4.50. The summed E-state index contributed by atoms with van der Waals surface area (Å²) in [5, 5.41) is 4.94. The molecule has 4 nitrogen and oxygen atoms in total. The van der Waals surface area contributed by atoms with Crippen molar-refractivity contribution in [1.82, 2.24) is 9.78 Å². The first-order chi connectivity index (χ1) is 13.7. The van der Waals surface area contributed by atoms with Crippen LogP contribution in [0.15, 0.2) is 54.6 Å². The summed E-state index contributed by atoms with van der Waals surface area (Å²) >= 11 is 0. The zero-order valence-electron chi connectivity index (χ0n) is 16.3. The summed E-state index contributed by atoms with van der Waals surface area (Å²) in [6.07, 6.45) is 3.66. The van der Waals surface area contributed by atoms with Gasteiger partial charge in [-0.15, -0.1) is 0 Å². The van der Waals surface area contributed by atoms with Gasteiger partial charge in [0.1, 0.15) is 18.0 Å². The van der Waals surface area contributed by atoms with Crippen molar-refractivity contribution in [2.75, 3.05) is 0 Å². The average Bonchev–Trinajstić information content (AvgIpc) is 3.06. The lowest BCUT2D eigenvalue weighted by Gasteiger charge is -2.54. The summed E-state index contributed by atoms with van der Waals surface area (Å²) < 4.78 is 15.1. The van der Waals surface area contributed by atoms with E-state index < -0.39 is 0 Å². The van der Waals surface area contributed by atoms with E-state index in [2.05, 4.69) is 50.2 Å². The third-order valence-electron chi connectivity index (χ3n) is 6.97. The van der Waals surface area contributed by atoms with E-state index in [0.29, 0.717) is 5.92 Å². The molecular weight excluding hydrogens is 348 g/mol. The minimum absolute atomic E-state index is 0.156. The molecule has 2 aromatic carbocycles. The average molecular weight is 372 g/mol. The molecule has 3 aliphatic rings. The number of ether oxygens (including phenoxy) is 2. The SMILES string of the molecule is Cc1nn(-c2ccccc2)c2c1[C@]1(C)c3ccccc3O[C@H]3CCC[C@H](O2)[C@@H]31. The quantitative estimate of drug-likeness (QED) is 0.615. The largest absolute Gasteiger partial charge is 0.490 e. The lowest BCUT2D eigenvalue weighted by atomic mass is 9.58. The number of rotatable bonds is 1. The van der Waals surface area contributed by atoms with Crippen LogP contribution in [0.3, 0.4) is 0 Å². The highest BCUT2D eigenvalue weighted by atomic mass is 16.5. The highest BCUT2D eigenvalue weighted by Gasteiger charge is 2.58. The number of aromatic nitrogens is 2. The molecule has 28 heavy (non-hydrogen) atoms.